The number of halogens is 4. The van der Waals surface area contributed by atoms with Gasteiger partial charge in [-0.25, -0.2) is 4.98 Å². The number of anilines is 2. The van der Waals surface area contributed by atoms with Gasteiger partial charge in [0.1, 0.15) is 16.4 Å². The van der Waals surface area contributed by atoms with Gasteiger partial charge < -0.3 is 10.6 Å². The number of carbonyl (C=O) groups excluding carboxylic acids is 1. The Balaban J connectivity index is 2.60. The summed E-state index contributed by atoms with van der Waals surface area (Å²) >= 11 is 6.67. The third kappa shape index (κ3) is 4.35. The van der Waals surface area contributed by atoms with E-state index in [1.807, 2.05) is 0 Å². The molecular formula is C15H14ClF3N4OS. The molecule has 0 atom stereocenters. The van der Waals surface area contributed by atoms with Crippen LogP contribution in [0.4, 0.5) is 24.7 Å². The van der Waals surface area contributed by atoms with Crippen LogP contribution in [0.25, 0.3) is 0 Å². The zero-order valence-electron chi connectivity index (χ0n) is 13.2. The van der Waals surface area contributed by atoms with Crippen molar-refractivity contribution >= 4 is 40.8 Å². The van der Waals surface area contributed by atoms with Crippen LogP contribution in [0.5, 0.6) is 0 Å². The minimum Gasteiger partial charge on any atom is -0.371 e. The lowest BCUT2D eigenvalue weighted by Crippen LogP contribution is -2.19. The molecule has 2 N–H and O–H groups in total. The number of rotatable bonds is 5. The van der Waals surface area contributed by atoms with Crippen LogP contribution in [0.1, 0.15) is 23.0 Å². The van der Waals surface area contributed by atoms with Crippen molar-refractivity contribution in [3.8, 4) is 0 Å². The van der Waals surface area contributed by atoms with Gasteiger partial charge in [-0.05, 0) is 17.9 Å². The first-order valence-electron chi connectivity index (χ1n) is 7.13. The maximum Gasteiger partial charge on any atom is 0.420 e. The molecule has 25 heavy (non-hydrogen) atoms. The van der Waals surface area contributed by atoms with E-state index in [-0.39, 0.29) is 22.1 Å². The van der Waals surface area contributed by atoms with Crippen LogP contribution in [0, 0.1) is 0 Å². The van der Waals surface area contributed by atoms with Crippen LogP contribution in [0.15, 0.2) is 29.3 Å². The Bertz CT molecular complexity index is 772. The molecule has 0 fully saturated rings. The number of hydrogen-bond acceptors (Lipinski definition) is 5. The lowest BCUT2D eigenvalue weighted by molar-refractivity contribution is -0.139. The predicted molar refractivity (Wildman–Crippen MR) is 92.4 cm³/mol. The predicted octanol–water partition coefficient (Wildman–Crippen LogP) is 4.55. The molecule has 0 radical (unpaired) electrons. The monoisotopic (exact) mass is 390 g/mol. The number of carbonyl (C=O) groups is 1. The summed E-state index contributed by atoms with van der Waals surface area (Å²) in [5, 5.41) is 4.45. The number of thioether (sulfide) groups is 1. The normalized spacial score (nSPS) is 11.3. The highest BCUT2D eigenvalue weighted by Gasteiger charge is 2.39. The summed E-state index contributed by atoms with van der Waals surface area (Å²) in [4.78, 5) is 19.8. The minimum absolute atomic E-state index is 0.0400. The number of aromatic nitrogens is 2. The molecule has 10 heteroatoms. The third-order valence-corrected chi connectivity index (χ3v) is 4.31. The molecule has 0 saturated carbocycles. The Morgan fingerprint density at radius 1 is 1.36 bits per heavy atom. The van der Waals surface area contributed by atoms with Crippen molar-refractivity contribution in [2.75, 3.05) is 23.4 Å². The van der Waals surface area contributed by atoms with Gasteiger partial charge in [-0.3, -0.25) is 9.78 Å². The molecule has 0 unspecified atom stereocenters. The second-order valence-electron chi connectivity index (χ2n) is 4.68. The first kappa shape index (κ1) is 19.3. The van der Waals surface area contributed by atoms with Crippen molar-refractivity contribution in [2.24, 2.45) is 0 Å². The highest BCUT2D eigenvalue weighted by molar-refractivity contribution is 7.99. The van der Waals surface area contributed by atoms with E-state index in [1.165, 1.54) is 19.3 Å². The van der Waals surface area contributed by atoms with Crippen molar-refractivity contribution in [1.82, 2.24) is 9.97 Å². The molecule has 0 aliphatic heterocycles. The molecule has 2 aromatic heterocycles. The van der Waals surface area contributed by atoms with Crippen LogP contribution < -0.4 is 10.6 Å². The molecule has 0 aromatic carbocycles. The first-order valence-corrected chi connectivity index (χ1v) is 8.49. The largest absolute Gasteiger partial charge is 0.420 e. The molecule has 5 nitrogen and oxygen atoms in total. The maximum absolute atomic E-state index is 13.4. The molecule has 134 valence electrons. The number of hydrogen-bond donors (Lipinski definition) is 2. The van der Waals surface area contributed by atoms with Crippen LogP contribution in [0.2, 0.25) is 5.15 Å². The number of nitrogens with zero attached hydrogens (tertiary/aromatic N) is 2. The summed E-state index contributed by atoms with van der Waals surface area (Å²) in [6.07, 6.45) is -3.30. The topological polar surface area (TPSA) is 66.9 Å². The molecule has 0 aliphatic carbocycles. The van der Waals surface area contributed by atoms with Gasteiger partial charge >= 0.3 is 6.18 Å². The Morgan fingerprint density at radius 3 is 2.60 bits per heavy atom. The fourth-order valence-corrected chi connectivity index (χ4v) is 3.32. The maximum atomic E-state index is 13.4. The van der Waals surface area contributed by atoms with Crippen molar-refractivity contribution in [2.45, 2.75) is 18.0 Å². The Labute approximate surface area is 151 Å². The lowest BCUT2D eigenvalue weighted by Gasteiger charge is -2.20. The second kappa shape index (κ2) is 7.92. The van der Waals surface area contributed by atoms with Gasteiger partial charge in [-0.1, -0.05) is 24.6 Å². The van der Waals surface area contributed by atoms with Crippen LogP contribution in [0.3, 0.4) is 0 Å². The standard InChI is InChI=1S/C15H14ClF3N4OS/c1-3-25-11-9(15(17,18)19)12(16)23-13(20-2)10(11)22-14(24)8-6-4-5-7-21-8/h4-7H,3H2,1-2H3,(H,20,23)(H,22,24). The average molecular weight is 391 g/mol. The van der Waals surface area contributed by atoms with Crippen LogP contribution >= 0.6 is 23.4 Å². The molecule has 0 saturated heterocycles. The lowest BCUT2D eigenvalue weighted by atomic mass is 10.2. The van der Waals surface area contributed by atoms with Gasteiger partial charge in [0.15, 0.2) is 5.82 Å². The van der Waals surface area contributed by atoms with Crippen molar-refractivity contribution < 1.29 is 18.0 Å². The van der Waals surface area contributed by atoms with Gasteiger partial charge in [0, 0.05) is 13.2 Å². The summed E-state index contributed by atoms with van der Waals surface area (Å²) in [5.74, 6) is -0.260. The van der Waals surface area contributed by atoms with Crippen LogP contribution in [-0.2, 0) is 6.18 Å². The number of pyridine rings is 2. The van der Waals surface area contributed by atoms with Crippen molar-refractivity contribution in [3.63, 3.8) is 0 Å². The summed E-state index contributed by atoms with van der Waals surface area (Å²) < 4.78 is 40.3. The van der Waals surface area contributed by atoms with Crippen LogP contribution in [-0.4, -0.2) is 28.7 Å². The van der Waals surface area contributed by atoms with Gasteiger partial charge in [-0.2, -0.15) is 13.2 Å². The summed E-state index contributed by atoms with van der Waals surface area (Å²) in [6, 6.07) is 4.68. The van der Waals surface area contributed by atoms with Gasteiger partial charge in [0.25, 0.3) is 5.91 Å². The Kier molecular flexibility index (Phi) is 6.12. The summed E-state index contributed by atoms with van der Waals surface area (Å²) in [5.41, 5.74) is -1.08. The van der Waals surface area contributed by atoms with E-state index >= 15 is 0 Å². The summed E-state index contributed by atoms with van der Waals surface area (Å²) in [6.45, 7) is 1.70. The molecular weight excluding hydrogens is 377 g/mol. The quantitative estimate of drug-likeness (QED) is 0.579. The Morgan fingerprint density at radius 2 is 2.08 bits per heavy atom. The zero-order chi connectivity index (χ0) is 18.6. The smallest absolute Gasteiger partial charge is 0.371 e. The molecule has 2 rings (SSSR count). The van der Waals surface area contributed by atoms with Gasteiger partial charge in [0.05, 0.1) is 10.6 Å². The Hall–Kier alpha value is -2.00. The van der Waals surface area contributed by atoms with Gasteiger partial charge in [-0.15, -0.1) is 11.8 Å². The minimum atomic E-state index is -4.71. The molecule has 0 spiro atoms. The van der Waals surface area contributed by atoms with E-state index in [9.17, 15) is 18.0 Å². The molecule has 2 aromatic rings. The number of nitrogens with one attached hydrogen (secondary N) is 2. The third-order valence-electron chi connectivity index (χ3n) is 3.05. The molecule has 1 amide bonds. The fourth-order valence-electron chi connectivity index (χ4n) is 2.04. The fraction of sp³-hybridized carbons (Fsp3) is 0.267. The van der Waals surface area contributed by atoms with E-state index in [2.05, 4.69) is 20.6 Å². The van der Waals surface area contributed by atoms with Crippen molar-refractivity contribution in [3.05, 3.63) is 40.8 Å². The summed E-state index contributed by atoms with van der Waals surface area (Å²) in [7, 11) is 1.47. The van der Waals surface area contributed by atoms with E-state index in [0.29, 0.717) is 5.75 Å². The highest BCUT2D eigenvalue weighted by atomic mass is 35.5. The SMILES string of the molecule is CCSc1c(NC(=O)c2ccccn2)c(NC)nc(Cl)c1C(F)(F)F. The molecule has 0 aliphatic rings. The van der Waals surface area contributed by atoms with E-state index in [0.717, 1.165) is 11.8 Å². The second-order valence-corrected chi connectivity index (χ2v) is 6.31. The zero-order valence-corrected chi connectivity index (χ0v) is 14.8. The van der Waals surface area contributed by atoms with E-state index in [1.54, 1.807) is 19.1 Å². The molecule has 2 heterocycles. The van der Waals surface area contributed by atoms with Crippen molar-refractivity contribution in [1.29, 1.82) is 0 Å². The number of alkyl halides is 3. The highest BCUT2D eigenvalue weighted by Crippen LogP contribution is 2.46. The number of amides is 1. The average Bonchev–Trinajstić information content (AvgIpc) is 2.56. The van der Waals surface area contributed by atoms with Gasteiger partial charge in [0.2, 0.25) is 0 Å². The van der Waals surface area contributed by atoms with E-state index < -0.39 is 22.8 Å². The van der Waals surface area contributed by atoms with E-state index in [4.69, 9.17) is 11.6 Å². The first-order chi connectivity index (χ1) is 11.8. The molecule has 0 bridgehead atoms.